The molecule has 2 heterocycles. The zero-order valence-corrected chi connectivity index (χ0v) is 17.4. The van der Waals surface area contributed by atoms with Crippen molar-refractivity contribution in [2.24, 2.45) is 0 Å². The number of benzene rings is 1. The third-order valence-corrected chi connectivity index (χ3v) is 4.60. The smallest absolute Gasteiger partial charge is 1.00 e. The molecular formula is C16H16F2N3NaO4S. The summed E-state index contributed by atoms with van der Waals surface area (Å²) in [5, 5.41) is 0.162. The molecule has 7 nitrogen and oxygen atoms in total. The molecule has 1 N–H and O–H groups in total. The molecule has 3 rings (SSSR count). The molecule has 0 bridgehead atoms. The molecule has 0 saturated heterocycles. The van der Waals surface area contributed by atoms with Crippen molar-refractivity contribution in [3.8, 4) is 17.2 Å². The number of nitrogens with zero attached hydrogens (tertiary/aromatic N) is 2. The molecule has 0 saturated carbocycles. The monoisotopic (exact) mass is 408 g/mol. The third-order valence-electron chi connectivity index (χ3n) is 3.44. The van der Waals surface area contributed by atoms with Crippen LogP contribution in [0.5, 0.6) is 17.2 Å². The van der Waals surface area contributed by atoms with Crippen molar-refractivity contribution < 1.29 is 59.6 Å². The minimum Gasteiger partial charge on any atom is -1.00 e. The summed E-state index contributed by atoms with van der Waals surface area (Å²) < 4.78 is 59.2. The van der Waals surface area contributed by atoms with Gasteiger partial charge < -0.3 is 20.6 Å². The predicted octanol–water partition coefficient (Wildman–Crippen LogP) is 0.000800. The van der Waals surface area contributed by atoms with Crippen LogP contribution in [0.15, 0.2) is 35.6 Å². The Labute approximate surface area is 181 Å². The average molecular weight is 408 g/mol. The molecule has 0 spiro atoms. The van der Waals surface area contributed by atoms with Gasteiger partial charge in [-0.1, -0.05) is 0 Å². The van der Waals surface area contributed by atoms with Gasteiger partial charge in [-0.3, -0.25) is 9.19 Å². The first-order chi connectivity index (χ1) is 13.0. The molecule has 27 heavy (non-hydrogen) atoms. The maximum absolute atomic E-state index is 12.7. The summed E-state index contributed by atoms with van der Waals surface area (Å²) in [5.41, 5.74) is 1.26. The molecule has 1 atom stereocenters. The number of H-pyrrole nitrogens is 1. The van der Waals surface area contributed by atoms with Crippen LogP contribution < -0.4 is 43.8 Å². The summed E-state index contributed by atoms with van der Waals surface area (Å²) >= 11 is 0. The van der Waals surface area contributed by atoms with Crippen molar-refractivity contribution in [3.05, 3.63) is 36.2 Å². The fourth-order valence-electron chi connectivity index (χ4n) is 2.35. The zero-order chi connectivity index (χ0) is 19.4. The summed E-state index contributed by atoms with van der Waals surface area (Å²) in [5.74, 6) is 0.579. The molecule has 0 amide bonds. The van der Waals surface area contributed by atoms with Crippen LogP contribution in [0.2, 0.25) is 0 Å². The fourth-order valence-corrected chi connectivity index (χ4v) is 3.36. The van der Waals surface area contributed by atoms with Crippen molar-refractivity contribution >= 4 is 21.8 Å². The second kappa shape index (κ2) is 9.45. The van der Waals surface area contributed by atoms with Gasteiger partial charge in [0.2, 0.25) is 0 Å². The Morgan fingerprint density at radius 2 is 2.19 bits per heavy atom. The first-order valence-corrected chi connectivity index (χ1v) is 8.60. The van der Waals surface area contributed by atoms with Gasteiger partial charge >= 0.3 is 36.2 Å². The molecule has 0 aliphatic carbocycles. The molecular weight excluding hydrogens is 391 g/mol. The van der Waals surface area contributed by atoms with Crippen LogP contribution in [-0.4, -0.2) is 40.0 Å². The van der Waals surface area contributed by atoms with E-state index < -0.39 is 17.4 Å². The van der Waals surface area contributed by atoms with E-state index in [0.29, 0.717) is 28.2 Å². The van der Waals surface area contributed by atoms with Gasteiger partial charge in [-0.15, -0.1) is 0 Å². The number of aromatic nitrogens is 3. The molecule has 0 aliphatic rings. The van der Waals surface area contributed by atoms with Crippen LogP contribution in [0.25, 0.3) is 11.0 Å². The van der Waals surface area contributed by atoms with E-state index in [-0.39, 0.29) is 54.7 Å². The topological polar surface area (TPSA) is 86.3 Å². The second-order valence-electron chi connectivity index (χ2n) is 5.02. The van der Waals surface area contributed by atoms with Gasteiger partial charge in [-0.05, 0) is 12.1 Å². The number of hydrogen-bond acceptors (Lipinski definition) is 6. The number of pyridine rings is 1. The maximum Gasteiger partial charge on any atom is 1.00 e. The van der Waals surface area contributed by atoms with Gasteiger partial charge in [-0.25, -0.2) is 4.98 Å². The van der Waals surface area contributed by atoms with Crippen molar-refractivity contribution in [2.45, 2.75) is 17.5 Å². The third kappa shape index (κ3) is 4.95. The minimum absolute atomic E-state index is 0. The summed E-state index contributed by atoms with van der Waals surface area (Å²) in [4.78, 5) is 11.2. The quantitative estimate of drug-likeness (QED) is 0.554. The number of rotatable bonds is 7. The Morgan fingerprint density at radius 3 is 2.89 bits per heavy atom. The zero-order valence-electron chi connectivity index (χ0n) is 16.6. The van der Waals surface area contributed by atoms with Gasteiger partial charge in [0, 0.05) is 18.3 Å². The number of aromatic amines is 1. The van der Waals surface area contributed by atoms with E-state index in [9.17, 15) is 13.0 Å². The van der Waals surface area contributed by atoms with Crippen LogP contribution in [0, 0.1) is 0 Å². The molecule has 1 aromatic carbocycles. The number of nitrogens with one attached hydrogen (secondary N) is 1. The molecule has 11 heteroatoms. The first kappa shape index (κ1) is 20.0. The Balaban J connectivity index is 0.00000210. The van der Waals surface area contributed by atoms with Crippen molar-refractivity contribution in [2.75, 3.05) is 14.2 Å². The summed E-state index contributed by atoms with van der Waals surface area (Å²) in [6, 6.07) is 5.75. The number of halogens is 2. The van der Waals surface area contributed by atoms with E-state index in [0.717, 1.165) is 0 Å². The normalized spacial score (nSPS) is 12.4. The first-order valence-electron chi connectivity index (χ1n) is 7.99. The van der Waals surface area contributed by atoms with E-state index in [2.05, 4.69) is 19.7 Å². The Hall–Kier alpha value is -1.75. The van der Waals surface area contributed by atoms with Crippen LogP contribution in [0.4, 0.5) is 8.78 Å². The van der Waals surface area contributed by atoms with Gasteiger partial charge in [0.25, 0.3) is 0 Å². The number of fused-ring (bicyclic) bond motifs is 1. The van der Waals surface area contributed by atoms with Crippen molar-refractivity contribution in [3.63, 3.8) is 0 Å². The Kier molecular flexibility index (Phi) is 7.00. The fraction of sp³-hybridized carbons (Fsp3) is 0.250. The van der Waals surface area contributed by atoms with Gasteiger partial charge in [0.1, 0.15) is 5.75 Å². The van der Waals surface area contributed by atoms with Gasteiger partial charge in [0.15, 0.2) is 16.7 Å². The maximum atomic E-state index is 12.7. The molecule has 1 unspecified atom stereocenters. The average Bonchev–Trinajstić information content (AvgIpc) is 3.05. The standard InChI is InChI=1S/C16H15F2N3O4S.Na.H/c1-23-13-5-6-19-12(14(13)24-2)8-26(22)16-20-10-4-3-9(25-15(17)18)7-11(10)21-16;;/h3-7,15H,8H2,1-2H3,(H,20,21);;/q;+1;-1/i1D;;. The van der Waals surface area contributed by atoms with E-state index in [1.165, 1.54) is 31.5 Å². The van der Waals surface area contributed by atoms with Gasteiger partial charge in [0.05, 0.1) is 48.8 Å². The number of methoxy groups -OCH3 is 2. The summed E-state index contributed by atoms with van der Waals surface area (Å²) in [6.45, 7) is -2.93. The Bertz CT molecular complexity index is 980. The van der Waals surface area contributed by atoms with E-state index >= 15 is 0 Å². The van der Waals surface area contributed by atoms with Crippen LogP contribution in [0.3, 0.4) is 0 Å². The van der Waals surface area contributed by atoms with Crippen molar-refractivity contribution in [1.29, 1.82) is 0 Å². The second-order valence-corrected chi connectivity index (χ2v) is 6.39. The minimum atomic E-state index is -2.93. The number of imidazole rings is 1. The molecule has 140 valence electrons. The van der Waals surface area contributed by atoms with Crippen LogP contribution in [-0.2, 0) is 16.6 Å². The van der Waals surface area contributed by atoms with Crippen LogP contribution >= 0.6 is 0 Å². The molecule has 0 aliphatic heterocycles. The number of hydrogen-bond donors (Lipinski definition) is 1. The summed E-state index contributed by atoms with van der Waals surface area (Å²) in [6.07, 6.45) is 1.46. The predicted molar refractivity (Wildman–Crippen MR) is 91.3 cm³/mol. The largest absolute Gasteiger partial charge is 1.00 e. The molecule has 2 aromatic heterocycles. The number of alkyl halides is 2. The van der Waals surface area contributed by atoms with Crippen LogP contribution in [0.1, 0.15) is 8.49 Å². The van der Waals surface area contributed by atoms with E-state index in [4.69, 9.17) is 10.8 Å². The molecule has 0 fully saturated rings. The molecule has 3 aromatic rings. The van der Waals surface area contributed by atoms with Crippen molar-refractivity contribution in [1.82, 2.24) is 15.0 Å². The van der Waals surface area contributed by atoms with E-state index in [1.807, 2.05) is 0 Å². The Morgan fingerprint density at radius 1 is 1.37 bits per heavy atom. The summed E-state index contributed by atoms with van der Waals surface area (Å²) in [7, 11) is -0.483. The molecule has 0 radical (unpaired) electrons. The number of ether oxygens (including phenoxy) is 3. The SMILES string of the molecule is [2H]COc1ccnc(CS(=O)c2nc3ccc(OC(F)F)cc3[nH]2)c1OC.[H-].[Na+]. The van der Waals surface area contributed by atoms with Gasteiger partial charge in [-0.2, -0.15) is 8.78 Å². The van der Waals surface area contributed by atoms with E-state index in [1.54, 1.807) is 6.07 Å².